The van der Waals surface area contributed by atoms with Gasteiger partial charge in [-0.05, 0) is 32.1 Å². The Bertz CT molecular complexity index is 605. The van der Waals surface area contributed by atoms with E-state index >= 15 is 0 Å². The van der Waals surface area contributed by atoms with E-state index in [9.17, 15) is 0 Å². The number of aryl methyl sites for hydroxylation is 2. The summed E-state index contributed by atoms with van der Waals surface area (Å²) in [4.78, 5) is 0. The molecular formula is C37H73N2+. The molecule has 0 saturated carbocycles. The SMILES string of the molecule is CCCCCCCCCCCCCCc1n(CCCCCCCCCCCCCC)cc[n+]1CCCCCC. The van der Waals surface area contributed by atoms with Crippen molar-refractivity contribution < 1.29 is 4.57 Å². The Labute approximate surface area is 247 Å². The van der Waals surface area contributed by atoms with Crippen LogP contribution >= 0.6 is 0 Å². The van der Waals surface area contributed by atoms with E-state index in [1.165, 1.54) is 199 Å². The quantitative estimate of drug-likeness (QED) is 0.0648. The molecule has 0 bridgehead atoms. The molecule has 0 N–H and O–H groups in total. The Morgan fingerprint density at radius 2 is 0.795 bits per heavy atom. The Morgan fingerprint density at radius 1 is 0.436 bits per heavy atom. The van der Waals surface area contributed by atoms with Crippen molar-refractivity contribution >= 4 is 0 Å². The van der Waals surface area contributed by atoms with Gasteiger partial charge >= 0.3 is 0 Å². The molecule has 1 heterocycles. The third-order valence-corrected chi connectivity index (χ3v) is 8.85. The molecule has 2 heteroatoms. The first kappa shape index (κ1) is 36.2. The van der Waals surface area contributed by atoms with E-state index in [1.807, 2.05) is 0 Å². The van der Waals surface area contributed by atoms with Gasteiger partial charge in [0.15, 0.2) is 0 Å². The highest BCUT2D eigenvalue weighted by Crippen LogP contribution is 2.15. The van der Waals surface area contributed by atoms with E-state index in [2.05, 4.69) is 42.3 Å². The molecule has 0 atom stereocenters. The first-order valence-electron chi connectivity index (χ1n) is 18.4. The average Bonchev–Trinajstić information content (AvgIpc) is 3.33. The lowest BCUT2D eigenvalue weighted by Gasteiger charge is -2.07. The Kier molecular flexibility index (Phi) is 26.7. The minimum atomic E-state index is 1.22. The topological polar surface area (TPSA) is 8.81 Å². The van der Waals surface area contributed by atoms with Gasteiger partial charge in [0.1, 0.15) is 12.4 Å². The molecule has 0 aromatic carbocycles. The number of aromatic nitrogens is 2. The van der Waals surface area contributed by atoms with Gasteiger partial charge in [-0.1, -0.05) is 168 Å². The molecule has 1 aromatic rings. The van der Waals surface area contributed by atoms with Gasteiger partial charge in [0.25, 0.3) is 5.82 Å². The summed E-state index contributed by atoms with van der Waals surface area (Å²) in [6.07, 6.45) is 45.9. The molecule has 2 nitrogen and oxygen atoms in total. The van der Waals surface area contributed by atoms with Crippen LogP contribution in [-0.4, -0.2) is 4.57 Å². The van der Waals surface area contributed by atoms with Crippen LogP contribution in [0.15, 0.2) is 12.4 Å². The van der Waals surface area contributed by atoms with Crippen molar-refractivity contribution in [1.29, 1.82) is 0 Å². The number of unbranched alkanes of at least 4 members (excludes halogenated alkanes) is 25. The lowest BCUT2D eigenvalue weighted by Crippen LogP contribution is -2.37. The summed E-state index contributed by atoms with van der Waals surface area (Å²) in [5.74, 6) is 1.61. The second-order valence-corrected chi connectivity index (χ2v) is 12.7. The zero-order valence-electron chi connectivity index (χ0n) is 27.5. The van der Waals surface area contributed by atoms with E-state index < -0.39 is 0 Å². The lowest BCUT2D eigenvalue weighted by molar-refractivity contribution is -0.704. The number of hydrogen-bond acceptors (Lipinski definition) is 0. The van der Waals surface area contributed by atoms with Gasteiger partial charge in [0.2, 0.25) is 0 Å². The summed E-state index contributed by atoms with van der Waals surface area (Å²) in [5, 5.41) is 0. The summed E-state index contributed by atoms with van der Waals surface area (Å²) in [7, 11) is 0. The maximum Gasteiger partial charge on any atom is 0.256 e. The Hall–Kier alpha value is -0.790. The molecule has 0 aliphatic heterocycles. The maximum absolute atomic E-state index is 2.62. The molecule has 0 saturated heterocycles. The van der Waals surface area contributed by atoms with Crippen molar-refractivity contribution in [3.63, 3.8) is 0 Å². The second-order valence-electron chi connectivity index (χ2n) is 12.7. The van der Waals surface area contributed by atoms with Crippen LogP contribution in [-0.2, 0) is 19.5 Å². The fraction of sp³-hybridized carbons (Fsp3) is 0.919. The fourth-order valence-electron chi connectivity index (χ4n) is 6.15. The third-order valence-electron chi connectivity index (χ3n) is 8.85. The smallest absolute Gasteiger partial charge is 0.234 e. The van der Waals surface area contributed by atoms with Crippen molar-refractivity contribution in [1.82, 2.24) is 4.57 Å². The number of hydrogen-bond donors (Lipinski definition) is 0. The van der Waals surface area contributed by atoms with Gasteiger partial charge in [-0.25, -0.2) is 9.13 Å². The molecule has 0 amide bonds. The lowest BCUT2D eigenvalue weighted by atomic mass is 10.0. The molecule has 1 rings (SSSR count). The van der Waals surface area contributed by atoms with Crippen LogP contribution in [0.25, 0.3) is 0 Å². The van der Waals surface area contributed by atoms with Gasteiger partial charge in [0, 0.05) is 6.42 Å². The van der Waals surface area contributed by atoms with Crippen LogP contribution in [0.3, 0.4) is 0 Å². The number of rotatable bonds is 31. The van der Waals surface area contributed by atoms with Crippen LogP contribution < -0.4 is 4.57 Å². The molecule has 0 spiro atoms. The molecule has 39 heavy (non-hydrogen) atoms. The van der Waals surface area contributed by atoms with E-state index in [-0.39, 0.29) is 0 Å². The van der Waals surface area contributed by atoms with Crippen LogP contribution in [0.1, 0.15) is 206 Å². The van der Waals surface area contributed by atoms with Crippen LogP contribution in [0.4, 0.5) is 0 Å². The summed E-state index contributed by atoms with van der Waals surface area (Å²) in [5.41, 5.74) is 0. The van der Waals surface area contributed by atoms with Crippen LogP contribution in [0.5, 0.6) is 0 Å². The summed E-state index contributed by atoms with van der Waals surface area (Å²) in [6.45, 7) is 9.39. The predicted molar refractivity (Wildman–Crippen MR) is 175 cm³/mol. The summed E-state index contributed by atoms with van der Waals surface area (Å²) >= 11 is 0. The molecule has 0 unspecified atom stereocenters. The highest BCUT2D eigenvalue weighted by Gasteiger charge is 2.16. The first-order valence-corrected chi connectivity index (χ1v) is 18.4. The third kappa shape index (κ3) is 21.6. The van der Waals surface area contributed by atoms with Gasteiger partial charge < -0.3 is 0 Å². The number of nitrogens with zero attached hydrogens (tertiary/aromatic N) is 2. The van der Waals surface area contributed by atoms with Gasteiger partial charge in [-0.3, -0.25) is 0 Å². The largest absolute Gasteiger partial charge is 0.256 e. The highest BCUT2D eigenvalue weighted by atomic mass is 15.1. The summed E-state index contributed by atoms with van der Waals surface area (Å²) < 4.78 is 5.23. The zero-order valence-corrected chi connectivity index (χ0v) is 27.5. The van der Waals surface area contributed by atoms with Crippen molar-refractivity contribution in [3.8, 4) is 0 Å². The first-order chi connectivity index (χ1) is 19.3. The monoisotopic (exact) mass is 546 g/mol. The zero-order chi connectivity index (χ0) is 28.1. The molecule has 0 aliphatic rings. The fourth-order valence-corrected chi connectivity index (χ4v) is 6.15. The predicted octanol–water partition coefficient (Wildman–Crippen LogP) is 12.3. The van der Waals surface area contributed by atoms with Gasteiger partial charge in [-0.15, -0.1) is 0 Å². The van der Waals surface area contributed by atoms with E-state index in [0.29, 0.717) is 0 Å². The molecule has 0 radical (unpaired) electrons. The second kappa shape index (κ2) is 28.7. The van der Waals surface area contributed by atoms with E-state index in [0.717, 1.165) is 0 Å². The van der Waals surface area contributed by atoms with Crippen molar-refractivity contribution in [2.24, 2.45) is 0 Å². The molecule has 0 fully saturated rings. The molecule has 230 valence electrons. The van der Waals surface area contributed by atoms with E-state index in [4.69, 9.17) is 0 Å². The average molecular weight is 546 g/mol. The molecule has 1 aromatic heterocycles. The standard InChI is InChI=1S/C37H73N2/c1-4-7-10-13-15-17-19-21-23-25-27-29-32-37-38(33-30-12-9-6-3)35-36-39(37)34-31-28-26-24-22-20-18-16-14-11-8-5-2/h35-36H,4-34H2,1-3H3/q+1. The van der Waals surface area contributed by atoms with Crippen LogP contribution in [0.2, 0.25) is 0 Å². The Morgan fingerprint density at radius 3 is 1.23 bits per heavy atom. The van der Waals surface area contributed by atoms with Crippen molar-refractivity contribution in [3.05, 3.63) is 18.2 Å². The van der Waals surface area contributed by atoms with Gasteiger partial charge in [0.05, 0.1) is 13.1 Å². The molecular weight excluding hydrogens is 472 g/mol. The summed E-state index contributed by atoms with van der Waals surface area (Å²) in [6, 6.07) is 0. The highest BCUT2D eigenvalue weighted by molar-refractivity contribution is 4.84. The minimum absolute atomic E-state index is 1.22. The van der Waals surface area contributed by atoms with Crippen molar-refractivity contribution in [2.45, 2.75) is 220 Å². The molecule has 0 aliphatic carbocycles. The van der Waals surface area contributed by atoms with E-state index in [1.54, 1.807) is 5.82 Å². The number of imidazole rings is 1. The van der Waals surface area contributed by atoms with Crippen molar-refractivity contribution in [2.75, 3.05) is 0 Å². The van der Waals surface area contributed by atoms with Crippen LogP contribution in [0, 0.1) is 0 Å². The maximum atomic E-state index is 2.62. The minimum Gasteiger partial charge on any atom is -0.234 e. The Balaban J connectivity index is 2.22. The van der Waals surface area contributed by atoms with Gasteiger partial charge in [-0.2, -0.15) is 0 Å². The normalized spacial score (nSPS) is 11.6.